The number of benzene rings is 2. The number of rotatable bonds is 5. The summed E-state index contributed by atoms with van der Waals surface area (Å²) >= 11 is 6.84. The molecule has 0 spiro atoms. The Hall–Kier alpha value is -2.61. The fourth-order valence-electron chi connectivity index (χ4n) is 2.96. The summed E-state index contributed by atoms with van der Waals surface area (Å²) in [5.41, 5.74) is 5.30. The van der Waals surface area contributed by atoms with E-state index >= 15 is 0 Å². The molecule has 29 heavy (non-hydrogen) atoms. The Morgan fingerprint density at radius 1 is 1.03 bits per heavy atom. The number of nitrogens with one attached hydrogen (secondary N) is 1. The Bertz CT molecular complexity index is 1280. The number of nitrogens with zero attached hydrogens (tertiary/aromatic N) is 1. The largest absolute Gasteiger partial charge is 0.444 e. The highest BCUT2D eigenvalue weighted by atomic mass is 35.5. The highest BCUT2D eigenvalue weighted by Gasteiger charge is 2.17. The van der Waals surface area contributed by atoms with E-state index in [9.17, 15) is 8.42 Å². The van der Waals surface area contributed by atoms with Crippen molar-refractivity contribution in [2.75, 3.05) is 4.72 Å². The van der Waals surface area contributed by atoms with Crippen LogP contribution in [0.1, 0.15) is 11.1 Å². The zero-order valence-electron chi connectivity index (χ0n) is 15.6. The molecule has 0 bridgehead atoms. The molecule has 0 aliphatic heterocycles. The first-order valence-corrected chi connectivity index (χ1v) is 11.4. The standard InChI is InChI=1S/C21H17ClN2O3S2/c1-13-3-8-17(14(2)11-13)18-12-27-21(23-18)15-4-6-16(7-5-15)24-29(25,26)20-10-9-19(22)28-20/h3-12,24H,1-2H3. The summed E-state index contributed by atoms with van der Waals surface area (Å²) in [4.78, 5) is 4.58. The highest BCUT2D eigenvalue weighted by Crippen LogP contribution is 2.30. The molecule has 0 aliphatic rings. The minimum atomic E-state index is -3.67. The Labute approximate surface area is 178 Å². The van der Waals surface area contributed by atoms with Crippen LogP contribution in [0.5, 0.6) is 0 Å². The monoisotopic (exact) mass is 444 g/mol. The third kappa shape index (κ3) is 4.22. The van der Waals surface area contributed by atoms with Gasteiger partial charge in [-0.25, -0.2) is 13.4 Å². The van der Waals surface area contributed by atoms with Crippen molar-refractivity contribution in [2.24, 2.45) is 0 Å². The maximum absolute atomic E-state index is 12.4. The first-order valence-electron chi connectivity index (χ1n) is 8.73. The third-order valence-electron chi connectivity index (χ3n) is 4.36. The fraction of sp³-hybridized carbons (Fsp3) is 0.0952. The number of anilines is 1. The van der Waals surface area contributed by atoms with Gasteiger partial charge in [0.25, 0.3) is 10.0 Å². The van der Waals surface area contributed by atoms with E-state index in [1.165, 1.54) is 11.6 Å². The van der Waals surface area contributed by atoms with E-state index in [0.717, 1.165) is 33.7 Å². The molecule has 1 N–H and O–H groups in total. The van der Waals surface area contributed by atoms with Crippen molar-refractivity contribution in [3.05, 3.63) is 76.3 Å². The van der Waals surface area contributed by atoms with E-state index in [0.29, 0.717) is 15.9 Å². The summed E-state index contributed by atoms with van der Waals surface area (Å²) in [7, 11) is -3.67. The van der Waals surface area contributed by atoms with Gasteiger partial charge in [0.05, 0.1) is 4.34 Å². The summed E-state index contributed by atoms with van der Waals surface area (Å²) < 4.78 is 33.6. The summed E-state index contributed by atoms with van der Waals surface area (Å²) in [6.07, 6.45) is 1.63. The van der Waals surface area contributed by atoms with Crippen LogP contribution in [-0.4, -0.2) is 13.4 Å². The molecule has 5 nitrogen and oxygen atoms in total. The van der Waals surface area contributed by atoms with Crippen LogP contribution in [0.25, 0.3) is 22.7 Å². The van der Waals surface area contributed by atoms with E-state index < -0.39 is 10.0 Å². The molecule has 0 aliphatic carbocycles. The second-order valence-electron chi connectivity index (χ2n) is 6.60. The lowest BCUT2D eigenvalue weighted by atomic mass is 10.0. The number of aryl methyl sites for hydroxylation is 2. The van der Waals surface area contributed by atoms with E-state index in [2.05, 4.69) is 15.8 Å². The molecule has 0 unspecified atom stereocenters. The minimum Gasteiger partial charge on any atom is -0.444 e. The molecule has 0 saturated heterocycles. The molecule has 0 atom stereocenters. The average molecular weight is 445 g/mol. The molecule has 0 saturated carbocycles. The van der Waals surface area contributed by atoms with Gasteiger partial charge in [0.1, 0.15) is 16.2 Å². The maximum Gasteiger partial charge on any atom is 0.271 e. The first kappa shape index (κ1) is 19.7. The Kier molecular flexibility index (Phi) is 5.21. The first-order chi connectivity index (χ1) is 13.8. The zero-order chi connectivity index (χ0) is 20.6. The number of hydrogen-bond acceptors (Lipinski definition) is 5. The van der Waals surface area contributed by atoms with Gasteiger partial charge in [-0.15, -0.1) is 11.3 Å². The number of halogens is 1. The predicted molar refractivity (Wildman–Crippen MR) is 117 cm³/mol. The lowest BCUT2D eigenvalue weighted by Crippen LogP contribution is -2.11. The molecule has 2 aromatic heterocycles. The molecule has 4 rings (SSSR count). The molecule has 0 radical (unpaired) electrons. The van der Waals surface area contributed by atoms with Gasteiger partial charge in [0.15, 0.2) is 0 Å². The minimum absolute atomic E-state index is 0.164. The highest BCUT2D eigenvalue weighted by molar-refractivity contribution is 7.94. The van der Waals surface area contributed by atoms with Gasteiger partial charge in [0, 0.05) is 16.8 Å². The van der Waals surface area contributed by atoms with Crippen LogP contribution in [0.4, 0.5) is 5.69 Å². The van der Waals surface area contributed by atoms with Crippen LogP contribution < -0.4 is 4.72 Å². The normalized spacial score (nSPS) is 11.6. The van der Waals surface area contributed by atoms with Crippen LogP contribution in [0.2, 0.25) is 4.34 Å². The van der Waals surface area contributed by atoms with E-state index in [1.807, 2.05) is 26.0 Å². The summed E-state index contributed by atoms with van der Waals surface area (Å²) in [5, 5.41) is 0. The van der Waals surface area contributed by atoms with Gasteiger partial charge in [-0.2, -0.15) is 0 Å². The molecule has 2 heterocycles. The molecule has 0 fully saturated rings. The van der Waals surface area contributed by atoms with Crippen molar-refractivity contribution in [1.29, 1.82) is 0 Å². The maximum atomic E-state index is 12.4. The van der Waals surface area contributed by atoms with Crippen molar-refractivity contribution in [3.8, 4) is 22.7 Å². The van der Waals surface area contributed by atoms with Crippen molar-refractivity contribution in [2.45, 2.75) is 18.1 Å². The average Bonchev–Trinajstić information content (AvgIpc) is 3.32. The second kappa shape index (κ2) is 7.67. The van der Waals surface area contributed by atoms with Gasteiger partial charge in [-0.05, 0) is 55.8 Å². The van der Waals surface area contributed by atoms with Gasteiger partial charge >= 0.3 is 0 Å². The second-order valence-corrected chi connectivity index (χ2v) is 10.2. The van der Waals surface area contributed by atoms with E-state index in [-0.39, 0.29) is 4.21 Å². The summed E-state index contributed by atoms with van der Waals surface area (Å²) in [5.74, 6) is 0.472. The lowest BCUT2D eigenvalue weighted by Gasteiger charge is -2.06. The predicted octanol–water partition coefficient (Wildman–Crippen LogP) is 6.14. The molecular weight excluding hydrogens is 428 g/mol. The lowest BCUT2D eigenvalue weighted by molar-refractivity contribution is 0.575. The van der Waals surface area contributed by atoms with Crippen LogP contribution >= 0.6 is 22.9 Å². The van der Waals surface area contributed by atoms with Crippen molar-refractivity contribution in [1.82, 2.24) is 4.98 Å². The Balaban J connectivity index is 1.55. The van der Waals surface area contributed by atoms with Crippen molar-refractivity contribution >= 4 is 38.6 Å². The third-order valence-corrected chi connectivity index (χ3v) is 7.46. The Morgan fingerprint density at radius 3 is 2.45 bits per heavy atom. The van der Waals surface area contributed by atoms with Gasteiger partial charge < -0.3 is 4.42 Å². The summed E-state index contributed by atoms with van der Waals surface area (Å²) in [6, 6.07) is 16.1. The molecule has 0 amide bonds. The quantitative estimate of drug-likeness (QED) is 0.401. The van der Waals surface area contributed by atoms with Crippen LogP contribution in [0.15, 0.2) is 69.5 Å². The van der Waals surface area contributed by atoms with Gasteiger partial charge in [-0.3, -0.25) is 4.72 Å². The number of thiophene rings is 1. The van der Waals surface area contributed by atoms with Crippen LogP contribution in [0, 0.1) is 13.8 Å². The van der Waals surface area contributed by atoms with Crippen LogP contribution in [-0.2, 0) is 10.0 Å². The van der Waals surface area contributed by atoms with Gasteiger partial charge in [0.2, 0.25) is 5.89 Å². The van der Waals surface area contributed by atoms with Crippen molar-refractivity contribution in [3.63, 3.8) is 0 Å². The van der Waals surface area contributed by atoms with Crippen LogP contribution in [0.3, 0.4) is 0 Å². The Morgan fingerprint density at radius 2 is 1.79 bits per heavy atom. The molecule has 4 aromatic rings. The molecule has 148 valence electrons. The van der Waals surface area contributed by atoms with Gasteiger partial charge in [-0.1, -0.05) is 35.4 Å². The fourth-order valence-corrected chi connectivity index (χ4v) is 5.50. The zero-order valence-corrected chi connectivity index (χ0v) is 18.0. The smallest absolute Gasteiger partial charge is 0.271 e. The number of aromatic nitrogens is 1. The number of oxazole rings is 1. The molecule has 8 heteroatoms. The molecule has 2 aromatic carbocycles. The van der Waals surface area contributed by atoms with Crippen molar-refractivity contribution < 1.29 is 12.8 Å². The topological polar surface area (TPSA) is 72.2 Å². The summed E-state index contributed by atoms with van der Waals surface area (Å²) in [6.45, 7) is 4.09. The SMILES string of the molecule is Cc1ccc(-c2coc(-c3ccc(NS(=O)(=O)c4ccc(Cl)s4)cc3)n2)c(C)c1. The number of hydrogen-bond donors (Lipinski definition) is 1. The van der Waals surface area contributed by atoms with E-state index in [4.69, 9.17) is 16.0 Å². The molecular formula is C21H17ClN2O3S2. The number of sulfonamides is 1. The van der Waals surface area contributed by atoms with E-state index in [1.54, 1.807) is 36.6 Å².